The molecule has 1 heterocycles. The van der Waals surface area contributed by atoms with Gasteiger partial charge in [0, 0.05) is 25.6 Å². The quantitative estimate of drug-likeness (QED) is 0.766. The summed E-state index contributed by atoms with van der Waals surface area (Å²) in [5, 5.41) is 8.98. The van der Waals surface area contributed by atoms with Crippen molar-refractivity contribution < 1.29 is 13.9 Å². The summed E-state index contributed by atoms with van der Waals surface area (Å²) in [5.74, 6) is -3.52. The molecule has 0 aromatic carbocycles. The van der Waals surface area contributed by atoms with Crippen molar-refractivity contribution in [2.45, 2.75) is 44.1 Å². The zero-order valence-electron chi connectivity index (χ0n) is 8.96. The Morgan fingerprint density at radius 2 is 1.93 bits per heavy atom. The number of halogens is 2. The highest BCUT2D eigenvalue weighted by atomic mass is 19.3. The highest BCUT2D eigenvalue weighted by Gasteiger charge is 2.44. The molecule has 2 nitrogen and oxygen atoms in total. The molecule has 2 aliphatic rings. The number of likely N-dealkylation sites (tertiary alicyclic amines) is 1. The Labute approximate surface area is 89.3 Å². The van der Waals surface area contributed by atoms with E-state index in [4.69, 9.17) is 5.11 Å². The lowest BCUT2D eigenvalue weighted by Crippen LogP contribution is -2.51. The minimum atomic E-state index is -2.66. The molecule has 0 radical (unpaired) electrons. The molecule has 1 aliphatic heterocycles. The maximum atomic E-state index is 13.3. The van der Waals surface area contributed by atoms with Gasteiger partial charge in [-0.15, -0.1) is 0 Å². The molecule has 0 spiro atoms. The minimum Gasteiger partial charge on any atom is -0.396 e. The van der Waals surface area contributed by atoms with Gasteiger partial charge in [0.2, 0.25) is 0 Å². The van der Waals surface area contributed by atoms with Crippen molar-refractivity contribution in [3.8, 4) is 0 Å². The molecule has 1 atom stereocenters. The topological polar surface area (TPSA) is 23.5 Å². The standard InChI is InChI=1S/C11H19F2NO/c12-11(13)5-6-14(7-9(11)8-15)10-3-1-2-4-10/h9-10,15H,1-8H2. The summed E-state index contributed by atoms with van der Waals surface area (Å²) in [7, 11) is 0. The molecule has 1 saturated carbocycles. The van der Waals surface area contributed by atoms with E-state index in [0.29, 0.717) is 19.1 Å². The van der Waals surface area contributed by atoms with Crippen LogP contribution in [0.15, 0.2) is 0 Å². The lowest BCUT2D eigenvalue weighted by molar-refractivity contribution is -0.125. The fraction of sp³-hybridized carbons (Fsp3) is 1.00. The van der Waals surface area contributed by atoms with E-state index in [1.807, 2.05) is 0 Å². The summed E-state index contributed by atoms with van der Waals surface area (Å²) in [6.45, 7) is 0.471. The van der Waals surface area contributed by atoms with Crippen LogP contribution in [0.4, 0.5) is 8.78 Å². The second-order valence-corrected chi connectivity index (χ2v) is 4.82. The Kier molecular flexibility index (Phi) is 3.26. The Balaban J connectivity index is 1.95. The molecule has 2 rings (SSSR count). The van der Waals surface area contributed by atoms with E-state index in [0.717, 1.165) is 12.8 Å². The van der Waals surface area contributed by atoms with Gasteiger partial charge < -0.3 is 5.11 Å². The number of hydrogen-bond donors (Lipinski definition) is 1. The average molecular weight is 219 g/mol. The van der Waals surface area contributed by atoms with Crippen molar-refractivity contribution in [1.29, 1.82) is 0 Å². The molecule has 1 aliphatic carbocycles. The summed E-state index contributed by atoms with van der Waals surface area (Å²) in [6.07, 6.45) is 4.64. The zero-order chi connectivity index (χ0) is 10.9. The third kappa shape index (κ3) is 2.31. The van der Waals surface area contributed by atoms with Gasteiger partial charge in [-0.3, -0.25) is 4.90 Å². The number of piperidine rings is 1. The van der Waals surface area contributed by atoms with Crippen LogP contribution in [0.1, 0.15) is 32.1 Å². The molecule has 1 N–H and O–H groups in total. The molecule has 4 heteroatoms. The number of aliphatic hydroxyl groups is 1. The fourth-order valence-electron chi connectivity index (χ4n) is 2.80. The predicted octanol–water partition coefficient (Wildman–Crippen LogP) is 1.88. The highest BCUT2D eigenvalue weighted by Crippen LogP contribution is 2.36. The molecular weight excluding hydrogens is 200 g/mol. The first-order valence-electron chi connectivity index (χ1n) is 5.86. The SMILES string of the molecule is OCC1CN(C2CCCC2)CCC1(F)F. The highest BCUT2D eigenvalue weighted by molar-refractivity contribution is 4.89. The van der Waals surface area contributed by atoms with Crippen molar-refractivity contribution >= 4 is 0 Å². The molecule has 88 valence electrons. The average Bonchev–Trinajstić information content (AvgIpc) is 2.70. The molecule has 0 amide bonds. The molecule has 0 aromatic rings. The van der Waals surface area contributed by atoms with Crippen molar-refractivity contribution in [3.63, 3.8) is 0 Å². The van der Waals surface area contributed by atoms with Gasteiger partial charge in [0.05, 0.1) is 12.5 Å². The molecule has 2 fully saturated rings. The fourth-order valence-corrected chi connectivity index (χ4v) is 2.80. The van der Waals surface area contributed by atoms with Crippen molar-refractivity contribution in [2.24, 2.45) is 5.92 Å². The Morgan fingerprint density at radius 1 is 1.27 bits per heavy atom. The van der Waals surface area contributed by atoms with Gasteiger partial charge in [-0.05, 0) is 12.8 Å². The van der Waals surface area contributed by atoms with Crippen LogP contribution in [-0.2, 0) is 0 Å². The Morgan fingerprint density at radius 3 is 2.53 bits per heavy atom. The first kappa shape index (κ1) is 11.3. The van der Waals surface area contributed by atoms with Gasteiger partial charge in [0.25, 0.3) is 5.92 Å². The maximum absolute atomic E-state index is 13.3. The van der Waals surface area contributed by atoms with Gasteiger partial charge in [0.1, 0.15) is 0 Å². The molecule has 0 aromatic heterocycles. The number of aliphatic hydroxyl groups excluding tert-OH is 1. The van der Waals surface area contributed by atoms with Gasteiger partial charge in [0.15, 0.2) is 0 Å². The van der Waals surface area contributed by atoms with Gasteiger partial charge >= 0.3 is 0 Å². The van der Waals surface area contributed by atoms with Crippen molar-refractivity contribution in [3.05, 3.63) is 0 Å². The lowest BCUT2D eigenvalue weighted by atomic mass is 9.93. The van der Waals surface area contributed by atoms with E-state index >= 15 is 0 Å². The minimum absolute atomic E-state index is 0.0886. The number of nitrogens with zero attached hydrogens (tertiary/aromatic N) is 1. The van der Waals surface area contributed by atoms with Crippen LogP contribution < -0.4 is 0 Å². The second-order valence-electron chi connectivity index (χ2n) is 4.82. The third-order valence-corrected chi connectivity index (χ3v) is 3.85. The summed E-state index contributed by atoms with van der Waals surface area (Å²) in [5.41, 5.74) is 0. The lowest BCUT2D eigenvalue weighted by Gasteiger charge is -2.40. The van der Waals surface area contributed by atoms with E-state index in [1.54, 1.807) is 0 Å². The molecule has 15 heavy (non-hydrogen) atoms. The van der Waals surface area contributed by atoms with Crippen molar-refractivity contribution in [1.82, 2.24) is 4.90 Å². The Bertz CT molecular complexity index is 217. The van der Waals surface area contributed by atoms with E-state index in [2.05, 4.69) is 4.90 Å². The maximum Gasteiger partial charge on any atom is 0.255 e. The smallest absolute Gasteiger partial charge is 0.255 e. The van der Waals surface area contributed by atoms with Gasteiger partial charge in [-0.25, -0.2) is 8.78 Å². The van der Waals surface area contributed by atoms with E-state index in [9.17, 15) is 8.78 Å². The van der Waals surface area contributed by atoms with Crippen LogP contribution in [0.3, 0.4) is 0 Å². The summed E-state index contributed by atoms with van der Waals surface area (Å²) in [6, 6.07) is 0.496. The van der Waals surface area contributed by atoms with Crippen LogP contribution in [0.5, 0.6) is 0 Å². The van der Waals surface area contributed by atoms with E-state index in [1.165, 1.54) is 12.8 Å². The summed E-state index contributed by atoms with van der Waals surface area (Å²) < 4.78 is 26.7. The summed E-state index contributed by atoms with van der Waals surface area (Å²) in [4.78, 5) is 2.16. The van der Waals surface area contributed by atoms with Crippen molar-refractivity contribution in [2.75, 3.05) is 19.7 Å². The molecular formula is C11H19F2NO. The van der Waals surface area contributed by atoms with Crippen LogP contribution in [-0.4, -0.2) is 41.7 Å². The van der Waals surface area contributed by atoms with Crippen LogP contribution >= 0.6 is 0 Å². The normalized spacial score (nSPS) is 33.4. The third-order valence-electron chi connectivity index (χ3n) is 3.85. The van der Waals surface area contributed by atoms with Crippen LogP contribution in [0.2, 0.25) is 0 Å². The number of hydrogen-bond acceptors (Lipinski definition) is 2. The van der Waals surface area contributed by atoms with Gasteiger partial charge in [-0.1, -0.05) is 12.8 Å². The van der Waals surface area contributed by atoms with E-state index in [-0.39, 0.29) is 6.42 Å². The first-order valence-corrected chi connectivity index (χ1v) is 5.86. The monoisotopic (exact) mass is 219 g/mol. The summed E-state index contributed by atoms with van der Waals surface area (Å²) >= 11 is 0. The van der Waals surface area contributed by atoms with Gasteiger partial charge in [-0.2, -0.15) is 0 Å². The Hall–Kier alpha value is -0.220. The molecule has 0 bridgehead atoms. The predicted molar refractivity (Wildman–Crippen MR) is 54.0 cm³/mol. The molecule has 1 unspecified atom stereocenters. The van der Waals surface area contributed by atoms with E-state index < -0.39 is 18.4 Å². The van der Waals surface area contributed by atoms with Crippen LogP contribution in [0, 0.1) is 5.92 Å². The number of rotatable bonds is 2. The molecule has 1 saturated heterocycles. The number of alkyl halides is 2. The largest absolute Gasteiger partial charge is 0.396 e. The first-order chi connectivity index (χ1) is 7.13. The zero-order valence-corrected chi connectivity index (χ0v) is 8.96. The second kappa shape index (κ2) is 4.34. The van der Waals surface area contributed by atoms with Crippen LogP contribution in [0.25, 0.3) is 0 Å².